The molecule has 2 aliphatic heterocycles. The average molecular weight is 293 g/mol. The maximum absolute atomic E-state index is 12.5. The summed E-state index contributed by atoms with van der Waals surface area (Å²) < 4.78 is 5.25. The van der Waals surface area contributed by atoms with Gasteiger partial charge in [-0.1, -0.05) is 12.1 Å². The molecule has 7 nitrogen and oxygen atoms in total. The Balaban J connectivity index is 1.67. The fraction of sp³-hybridized carbons (Fsp3) is 0.786. The van der Waals surface area contributed by atoms with E-state index in [2.05, 4.69) is 34.3 Å². The van der Waals surface area contributed by atoms with Crippen molar-refractivity contribution in [2.45, 2.75) is 38.3 Å². The number of amides is 1. The maximum atomic E-state index is 12.5. The maximum Gasteiger partial charge on any atom is 0.295 e. The fourth-order valence-corrected chi connectivity index (χ4v) is 3.07. The van der Waals surface area contributed by atoms with Gasteiger partial charge in [0.05, 0.1) is 6.04 Å². The van der Waals surface area contributed by atoms with Gasteiger partial charge in [0.25, 0.3) is 11.7 Å². The molecular weight excluding hydrogens is 270 g/mol. The summed E-state index contributed by atoms with van der Waals surface area (Å²) in [6, 6.07) is 0.514. The summed E-state index contributed by atoms with van der Waals surface area (Å²) in [6.45, 7) is 5.45. The van der Waals surface area contributed by atoms with Crippen molar-refractivity contribution in [3.63, 3.8) is 0 Å². The van der Waals surface area contributed by atoms with Gasteiger partial charge in [0.15, 0.2) is 0 Å². The lowest BCUT2D eigenvalue weighted by Crippen LogP contribution is -2.53. The number of hydrogen-bond acceptors (Lipinski definition) is 6. The first kappa shape index (κ1) is 14.5. The van der Waals surface area contributed by atoms with Crippen LogP contribution in [0.1, 0.15) is 48.7 Å². The Morgan fingerprint density at radius 1 is 1.48 bits per heavy atom. The lowest BCUT2D eigenvalue weighted by Gasteiger charge is -2.38. The zero-order chi connectivity index (χ0) is 14.8. The van der Waals surface area contributed by atoms with Crippen LogP contribution < -0.4 is 5.32 Å². The van der Waals surface area contributed by atoms with E-state index in [-0.39, 0.29) is 17.8 Å². The first-order valence-corrected chi connectivity index (χ1v) is 7.75. The van der Waals surface area contributed by atoms with Crippen LogP contribution in [0.2, 0.25) is 0 Å². The number of carbonyl (C=O) groups excluding carboxylic acids is 1. The molecule has 3 heterocycles. The fourth-order valence-electron chi connectivity index (χ4n) is 3.07. The highest BCUT2D eigenvalue weighted by Gasteiger charge is 2.30. The van der Waals surface area contributed by atoms with Gasteiger partial charge in [0.1, 0.15) is 0 Å². The molecule has 2 fully saturated rings. The van der Waals surface area contributed by atoms with Crippen LogP contribution in [0.15, 0.2) is 4.52 Å². The van der Waals surface area contributed by atoms with E-state index in [1.165, 1.54) is 0 Å². The summed E-state index contributed by atoms with van der Waals surface area (Å²) in [5.74, 6) is 0.615. The number of carbonyl (C=O) groups is 1. The minimum atomic E-state index is -0.116. The highest BCUT2D eigenvalue weighted by Crippen LogP contribution is 2.21. The zero-order valence-corrected chi connectivity index (χ0v) is 12.7. The van der Waals surface area contributed by atoms with E-state index in [1.807, 2.05) is 4.90 Å². The lowest BCUT2D eigenvalue weighted by molar-refractivity contribution is 0.0527. The molecule has 21 heavy (non-hydrogen) atoms. The summed E-state index contributed by atoms with van der Waals surface area (Å²) in [5.41, 5.74) is 0. The second-order valence-electron chi connectivity index (χ2n) is 5.90. The van der Waals surface area contributed by atoms with Gasteiger partial charge in [-0.15, -0.1) is 0 Å². The third-order valence-electron chi connectivity index (χ3n) is 4.53. The van der Waals surface area contributed by atoms with E-state index in [0.29, 0.717) is 11.9 Å². The molecule has 3 rings (SSSR count). The molecule has 0 radical (unpaired) electrons. The van der Waals surface area contributed by atoms with E-state index in [9.17, 15) is 4.79 Å². The van der Waals surface area contributed by atoms with Crippen molar-refractivity contribution in [1.82, 2.24) is 25.3 Å². The minimum absolute atomic E-state index is 0.106. The summed E-state index contributed by atoms with van der Waals surface area (Å²) in [7, 11) is 2.11. The van der Waals surface area contributed by atoms with Crippen molar-refractivity contribution < 1.29 is 9.32 Å². The SMILES string of the molecule is CCC1CN(C(=O)c2noc(C3CCCN3)n2)CCN1C. The van der Waals surface area contributed by atoms with Crippen LogP contribution in [0.5, 0.6) is 0 Å². The van der Waals surface area contributed by atoms with Crippen LogP contribution in [0, 0.1) is 0 Å². The molecule has 116 valence electrons. The molecule has 1 aromatic heterocycles. The van der Waals surface area contributed by atoms with E-state index in [4.69, 9.17) is 4.52 Å². The monoisotopic (exact) mass is 293 g/mol. The topological polar surface area (TPSA) is 74.5 Å². The van der Waals surface area contributed by atoms with Crippen molar-refractivity contribution >= 4 is 5.91 Å². The summed E-state index contributed by atoms with van der Waals surface area (Å²) in [4.78, 5) is 20.9. The summed E-state index contributed by atoms with van der Waals surface area (Å²) in [6.07, 6.45) is 3.12. The summed E-state index contributed by atoms with van der Waals surface area (Å²) >= 11 is 0. The highest BCUT2D eigenvalue weighted by molar-refractivity contribution is 5.90. The number of hydrogen-bond donors (Lipinski definition) is 1. The van der Waals surface area contributed by atoms with Gasteiger partial charge in [-0.25, -0.2) is 0 Å². The number of rotatable bonds is 3. The normalized spacial score (nSPS) is 27.2. The Hall–Kier alpha value is -1.47. The Bertz CT molecular complexity index is 497. The van der Waals surface area contributed by atoms with E-state index in [1.54, 1.807) is 0 Å². The van der Waals surface area contributed by atoms with Gasteiger partial charge in [-0.05, 0) is 32.9 Å². The van der Waals surface area contributed by atoms with Crippen LogP contribution in [0.4, 0.5) is 0 Å². The molecule has 1 amide bonds. The molecule has 2 saturated heterocycles. The second kappa shape index (κ2) is 6.11. The molecule has 2 atom stereocenters. The van der Waals surface area contributed by atoms with E-state index in [0.717, 1.165) is 45.4 Å². The number of nitrogens with zero attached hydrogens (tertiary/aromatic N) is 4. The Morgan fingerprint density at radius 3 is 3.05 bits per heavy atom. The number of likely N-dealkylation sites (N-methyl/N-ethyl adjacent to an activating group) is 1. The molecular formula is C14H23N5O2. The minimum Gasteiger partial charge on any atom is -0.337 e. The van der Waals surface area contributed by atoms with E-state index < -0.39 is 0 Å². The molecule has 0 saturated carbocycles. The quantitative estimate of drug-likeness (QED) is 0.882. The third-order valence-corrected chi connectivity index (χ3v) is 4.53. The van der Waals surface area contributed by atoms with Crippen LogP contribution in [-0.4, -0.2) is 65.1 Å². The molecule has 0 aromatic carbocycles. The van der Waals surface area contributed by atoms with Crippen molar-refractivity contribution in [3.8, 4) is 0 Å². The number of piperazine rings is 1. The predicted octanol–water partition coefficient (Wildman–Crippen LogP) is 0.660. The van der Waals surface area contributed by atoms with Gasteiger partial charge in [0, 0.05) is 25.7 Å². The molecule has 2 unspecified atom stereocenters. The molecule has 1 N–H and O–H groups in total. The smallest absolute Gasteiger partial charge is 0.295 e. The standard InChI is InChI=1S/C14H23N5O2/c1-3-10-9-19(8-7-18(10)2)14(20)12-16-13(21-17-12)11-5-4-6-15-11/h10-11,15H,3-9H2,1-2H3. The van der Waals surface area contributed by atoms with Crippen molar-refractivity contribution in [1.29, 1.82) is 0 Å². The van der Waals surface area contributed by atoms with Crippen molar-refractivity contribution in [2.24, 2.45) is 0 Å². The molecule has 0 bridgehead atoms. The van der Waals surface area contributed by atoms with E-state index >= 15 is 0 Å². The Morgan fingerprint density at radius 2 is 2.33 bits per heavy atom. The highest BCUT2D eigenvalue weighted by atomic mass is 16.5. The van der Waals surface area contributed by atoms with Crippen LogP contribution in [-0.2, 0) is 0 Å². The second-order valence-corrected chi connectivity index (χ2v) is 5.90. The molecule has 7 heteroatoms. The van der Waals surface area contributed by atoms with Crippen LogP contribution in [0.25, 0.3) is 0 Å². The van der Waals surface area contributed by atoms with Crippen molar-refractivity contribution in [2.75, 3.05) is 33.2 Å². The summed E-state index contributed by atoms with van der Waals surface area (Å²) in [5, 5.41) is 7.17. The van der Waals surface area contributed by atoms with Gasteiger partial charge in [0.2, 0.25) is 5.89 Å². The molecule has 0 aliphatic carbocycles. The first-order valence-electron chi connectivity index (χ1n) is 7.75. The average Bonchev–Trinajstić information content (AvgIpc) is 3.18. The zero-order valence-electron chi connectivity index (χ0n) is 12.7. The number of aromatic nitrogens is 2. The van der Waals surface area contributed by atoms with Gasteiger partial charge >= 0.3 is 0 Å². The predicted molar refractivity (Wildman–Crippen MR) is 76.9 cm³/mol. The Kier molecular flexibility index (Phi) is 4.21. The number of nitrogens with one attached hydrogen (secondary N) is 1. The lowest BCUT2D eigenvalue weighted by atomic mass is 10.1. The largest absolute Gasteiger partial charge is 0.337 e. The molecule has 2 aliphatic rings. The van der Waals surface area contributed by atoms with Gasteiger partial charge < -0.3 is 14.7 Å². The van der Waals surface area contributed by atoms with Crippen LogP contribution in [0.3, 0.4) is 0 Å². The van der Waals surface area contributed by atoms with Gasteiger partial charge in [-0.2, -0.15) is 4.98 Å². The van der Waals surface area contributed by atoms with Gasteiger partial charge in [-0.3, -0.25) is 9.69 Å². The third kappa shape index (κ3) is 2.94. The van der Waals surface area contributed by atoms with Crippen molar-refractivity contribution in [3.05, 3.63) is 11.7 Å². The first-order chi connectivity index (χ1) is 10.2. The Labute approximate surface area is 124 Å². The molecule has 1 aromatic rings. The van der Waals surface area contributed by atoms with Crippen LogP contribution >= 0.6 is 0 Å². The molecule has 0 spiro atoms.